The monoisotopic (exact) mass is 252 g/mol. The lowest BCUT2D eigenvalue weighted by Gasteiger charge is -2.02. The molecule has 0 fully saturated rings. The molecule has 2 aromatic rings. The summed E-state index contributed by atoms with van der Waals surface area (Å²) in [5, 5.41) is 16.6. The second kappa shape index (κ2) is 4.54. The molecule has 0 aliphatic heterocycles. The van der Waals surface area contributed by atoms with Gasteiger partial charge in [-0.15, -0.1) is 11.3 Å². The van der Waals surface area contributed by atoms with Gasteiger partial charge < -0.3 is 10.4 Å². The first-order valence-corrected chi connectivity index (χ1v) is 5.81. The number of anilines is 1. The SMILES string of the molecule is Cc1sc(NCc2ccnn2C)nc1C(=O)O. The average Bonchev–Trinajstić information content (AvgIpc) is 2.82. The van der Waals surface area contributed by atoms with Gasteiger partial charge in [0.15, 0.2) is 10.8 Å². The van der Waals surface area contributed by atoms with Crippen molar-refractivity contribution in [3.8, 4) is 0 Å². The highest BCUT2D eigenvalue weighted by atomic mass is 32.1. The smallest absolute Gasteiger partial charge is 0.355 e. The molecule has 90 valence electrons. The van der Waals surface area contributed by atoms with Gasteiger partial charge in [-0.2, -0.15) is 5.10 Å². The van der Waals surface area contributed by atoms with Crippen molar-refractivity contribution in [3.05, 3.63) is 28.5 Å². The first-order chi connectivity index (χ1) is 8.08. The Bertz CT molecular complexity index is 546. The van der Waals surface area contributed by atoms with Crippen LogP contribution in [0.3, 0.4) is 0 Å². The molecule has 0 amide bonds. The molecule has 2 rings (SSSR count). The zero-order valence-corrected chi connectivity index (χ0v) is 10.3. The maximum absolute atomic E-state index is 10.8. The predicted octanol–water partition coefficient (Wildman–Crippen LogP) is 1.50. The summed E-state index contributed by atoms with van der Waals surface area (Å²) in [5.74, 6) is -0.993. The van der Waals surface area contributed by atoms with Crippen molar-refractivity contribution in [3.63, 3.8) is 0 Å². The number of nitrogens with zero attached hydrogens (tertiary/aromatic N) is 3. The van der Waals surface area contributed by atoms with E-state index < -0.39 is 5.97 Å². The second-order valence-electron chi connectivity index (χ2n) is 3.53. The molecule has 0 saturated heterocycles. The molecule has 0 radical (unpaired) electrons. The molecule has 2 aromatic heterocycles. The Kier molecular flexibility index (Phi) is 3.10. The van der Waals surface area contributed by atoms with Gasteiger partial charge in [-0.1, -0.05) is 0 Å². The molecule has 0 aliphatic rings. The van der Waals surface area contributed by atoms with Crippen molar-refractivity contribution in [1.82, 2.24) is 14.8 Å². The van der Waals surface area contributed by atoms with Crippen molar-refractivity contribution >= 4 is 22.4 Å². The van der Waals surface area contributed by atoms with Crippen LogP contribution in [0.25, 0.3) is 0 Å². The van der Waals surface area contributed by atoms with Crippen LogP contribution in [0, 0.1) is 6.92 Å². The van der Waals surface area contributed by atoms with E-state index in [-0.39, 0.29) is 5.69 Å². The third-order valence-electron chi connectivity index (χ3n) is 2.34. The van der Waals surface area contributed by atoms with Gasteiger partial charge in [-0.3, -0.25) is 4.68 Å². The number of hydrogen-bond donors (Lipinski definition) is 2. The van der Waals surface area contributed by atoms with E-state index in [1.54, 1.807) is 17.8 Å². The van der Waals surface area contributed by atoms with Crippen molar-refractivity contribution in [2.45, 2.75) is 13.5 Å². The van der Waals surface area contributed by atoms with Crippen molar-refractivity contribution in [2.75, 3.05) is 5.32 Å². The summed E-state index contributed by atoms with van der Waals surface area (Å²) in [5.41, 5.74) is 1.12. The Labute approximate surface area is 102 Å². The van der Waals surface area contributed by atoms with E-state index in [1.165, 1.54) is 11.3 Å². The minimum Gasteiger partial charge on any atom is -0.476 e. The highest BCUT2D eigenvalue weighted by Crippen LogP contribution is 2.22. The largest absolute Gasteiger partial charge is 0.476 e. The van der Waals surface area contributed by atoms with Crippen LogP contribution in [-0.2, 0) is 13.6 Å². The molecule has 0 spiro atoms. The van der Waals surface area contributed by atoms with E-state index in [1.807, 2.05) is 13.1 Å². The number of carboxylic acid groups (broad SMARTS) is 1. The number of thiazole rings is 1. The number of hydrogen-bond acceptors (Lipinski definition) is 5. The van der Waals surface area contributed by atoms with Crippen LogP contribution < -0.4 is 5.32 Å². The van der Waals surface area contributed by atoms with Crippen LogP contribution in [0.1, 0.15) is 21.1 Å². The van der Waals surface area contributed by atoms with Crippen LogP contribution >= 0.6 is 11.3 Å². The first kappa shape index (κ1) is 11.6. The number of aryl methyl sites for hydroxylation is 2. The minimum absolute atomic E-state index is 0.113. The molecule has 2 N–H and O–H groups in total. The summed E-state index contributed by atoms with van der Waals surface area (Å²) in [6.45, 7) is 2.32. The van der Waals surface area contributed by atoms with Gasteiger partial charge in [0.1, 0.15) is 0 Å². The van der Waals surface area contributed by atoms with Gasteiger partial charge in [0.2, 0.25) is 0 Å². The molecule has 7 heteroatoms. The summed E-state index contributed by atoms with van der Waals surface area (Å²) >= 11 is 1.34. The Balaban J connectivity index is 2.07. The number of carboxylic acids is 1. The van der Waals surface area contributed by atoms with E-state index in [4.69, 9.17) is 5.11 Å². The maximum atomic E-state index is 10.8. The number of aromatic carboxylic acids is 1. The molecule has 0 aliphatic carbocycles. The van der Waals surface area contributed by atoms with Crippen LogP contribution in [-0.4, -0.2) is 25.8 Å². The van der Waals surface area contributed by atoms with Crippen molar-refractivity contribution in [1.29, 1.82) is 0 Å². The number of rotatable bonds is 4. The highest BCUT2D eigenvalue weighted by molar-refractivity contribution is 7.15. The lowest BCUT2D eigenvalue weighted by atomic mass is 10.4. The molecule has 0 atom stereocenters. The zero-order chi connectivity index (χ0) is 12.4. The van der Waals surface area contributed by atoms with Gasteiger partial charge >= 0.3 is 5.97 Å². The van der Waals surface area contributed by atoms with E-state index in [0.717, 1.165) is 5.69 Å². The summed E-state index contributed by atoms with van der Waals surface area (Å²) in [4.78, 5) is 15.5. The fourth-order valence-electron chi connectivity index (χ4n) is 1.41. The van der Waals surface area contributed by atoms with Crippen molar-refractivity contribution in [2.24, 2.45) is 7.05 Å². The quantitative estimate of drug-likeness (QED) is 0.861. The summed E-state index contributed by atoms with van der Waals surface area (Å²) in [7, 11) is 1.85. The first-order valence-electron chi connectivity index (χ1n) is 4.99. The molecule has 0 unspecified atom stereocenters. The molecule has 17 heavy (non-hydrogen) atoms. The van der Waals surface area contributed by atoms with E-state index >= 15 is 0 Å². The average molecular weight is 252 g/mol. The molecule has 0 bridgehead atoms. The number of aromatic nitrogens is 3. The molecule has 0 aromatic carbocycles. The third kappa shape index (κ3) is 2.44. The Morgan fingerprint density at radius 2 is 2.41 bits per heavy atom. The lowest BCUT2D eigenvalue weighted by molar-refractivity contribution is 0.0690. The Hall–Kier alpha value is -1.89. The summed E-state index contributed by atoms with van der Waals surface area (Å²) < 4.78 is 1.76. The van der Waals surface area contributed by atoms with Crippen LogP contribution in [0.4, 0.5) is 5.13 Å². The van der Waals surface area contributed by atoms with Crippen LogP contribution in [0.5, 0.6) is 0 Å². The fraction of sp³-hybridized carbons (Fsp3) is 0.300. The van der Waals surface area contributed by atoms with Gasteiger partial charge in [0.25, 0.3) is 0 Å². The predicted molar refractivity (Wildman–Crippen MR) is 64.3 cm³/mol. The topological polar surface area (TPSA) is 80.0 Å². The molecular formula is C10H12N4O2S. The Morgan fingerprint density at radius 3 is 2.94 bits per heavy atom. The number of nitrogens with one attached hydrogen (secondary N) is 1. The molecular weight excluding hydrogens is 240 g/mol. The second-order valence-corrected chi connectivity index (χ2v) is 4.73. The summed E-state index contributed by atoms with van der Waals surface area (Å²) in [6.07, 6.45) is 1.72. The van der Waals surface area contributed by atoms with Gasteiger partial charge in [-0.05, 0) is 13.0 Å². The molecule has 2 heterocycles. The van der Waals surface area contributed by atoms with Gasteiger partial charge in [0, 0.05) is 18.1 Å². The van der Waals surface area contributed by atoms with Crippen molar-refractivity contribution < 1.29 is 9.90 Å². The maximum Gasteiger partial charge on any atom is 0.355 e. The summed E-state index contributed by atoms with van der Waals surface area (Å²) in [6, 6.07) is 1.89. The van der Waals surface area contributed by atoms with Gasteiger partial charge in [0.05, 0.1) is 12.2 Å². The number of carbonyl (C=O) groups is 1. The van der Waals surface area contributed by atoms with Gasteiger partial charge in [-0.25, -0.2) is 9.78 Å². The van der Waals surface area contributed by atoms with Crippen LogP contribution in [0.15, 0.2) is 12.3 Å². The zero-order valence-electron chi connectivity index (χ0n) is 9.47. The normalized spacial score (nSPS) is 10.5. The molecule has 6 nitrogen and oxygen atoms in total. The van der Waals surface area contributed by atoms with E-state index in [2.05, 4.69) is 15.4 Å². The Morgan fingerprint density at radius 1 is 1.65 bits per heavy atom. The van der Waals surface area contributed by atoms with E-state index in [9.17, 15) is 4.79 Å². The fourth-order valence-corrected chi connectivity index (χ4v) is 2.21. The van der Waals surface area contributed by atoms with Crippen LogP contribution in [0.2, 0.25) is 0 Å². The molecule has 0 saturated carbocycles. The lowest BCUT2D eigenvalue weighted by Crippen LogP contribution is -2.05. The van der Waals surface area contributed by atoms with E-state index in [0.29, 0.717) is 16.6 Å². The third-order valence-corrected chi connectivity index (χ3v) is 3.27. The standard InChI is InChI=1S/C10H12N4O2S/c1-6-8(9(15)16)13-10(17-6)11-5-7-3-4-12-14(7)2/h3-4H,5H2,1-2H3,(H,11,13)(H,15,16). The highest BCUT2D eigenvalue weighted by Gasteiger charge is 2.13. The minimum atomic E-state index is -0.993.